The van der Waals surface area contributed by atoms with Crippen LogP contribution in [-0.2, 0) is 11.8 Å². The van der Waals surface area contributed by atoms with Crippen LogP contribution in [-0.4, -0.2) is 15.5 Å². The topological polar surface area (TPSA) is 97.9 Å². The van der Waals surface area contributed by atoms with Gasteiger partial charge in [0.25, 0.3) is 5.56 Å². The van der Waals surface area contributed by atoms with Crippen LogP contribution in [0.15, 0.2) is 9.59 Å². The van der Waals surface area contributed by atoms with Gasteiger partial charge in [0, 0.05) is 13.1 Å². The summed E-state index contributed by atoms with van der Waals surface area (Å²) in [7, 11) is 1.28. The zero-order valence-corrected chi connectivity index (χ0v) is 6.83. The first-order valence-corrected chi connectivity index (χ1v) is 3.37. The lowest BCUT2D eigenvalue weighted by atomic mass is 10.3. The highest BCUT2D eigenvalue weighted by molar-refractivity contribution is 5.78. The zero-order chi connectivity index (χ0) is 10.0. The Morgan fingerprint density at radius 2 is 2.15 bits per heavy atom. The highest BCUT2D eigenvalue weighted by Crippen LogP contribution is 1.98. The van der Waals surface area contributed by atoms with E-state index in [1.54, 1.807) is 0 Å². The maximum Gasteiger partial charge on any atom is 0.329 e. The molecular weight excluding hydrogens is 174 g/mol. The lowest BCUT2D eigenvalue weighted by molar-refractivity contribution is 0.570. The van der Waals surface area contributed by atoms with Crippen LogP contribution < -0.4 is 17.0 Å². The summed E-state index contributed by atoms with van der Waals surface area (Å²) in [6.07, 6.45) is 0.883. The second-order valence-electron chi connectivity index (χ2n) is 2.38. The van der Waals surface area contributed by atoms with Gasteiger partial charge in [-0.2, -0.15) is 0 Å². The number of nitrogens with one attached hydrogen (secondary N) is 1. The molecule has 0 saturated heterocycles. The van der Waals surface area contributed by atoms with Crippen molar-refractivity contribution in [2.24, 2.45) is 7.05 Å². The van der Waals surface area contributed by atoms with Crippen molar-refractivity contribution in [2.75, 3.05) is 5.73 Å². The molecule has 6 heteroatoms. The molecule has 1 aromatic heterocycles. The molecule has 3 N–H and O–H groups in total. The molecule has 0 amide bonds. The molecule has 0 aliphatic carbocycles. The van der Waals surface area contributed by atoms with Crippen LogP contribution >= 0.6 is 0 Å². The minimum Gasteiger partial charge on any atom is -0.384 e. The molecule has 0 radical (unpaired) electrons. The predicted molar refractivity (Wildman–Crippen MR) is 46.9 cm³/mol. The Balaban J connectivity index is 3.73. The standard InChI is InChI=1S/C7H7N3O3/c1-10-6(12)4(2-3-11)5(8)9-7(10)13/h2H,8H2,1H3,(H,9,13). The maximum absolute atomic E-state index is 11.3. The van der Waals surface area contributed by atoms with Gasteiger partial charge in [0.2, 0.25) is 0 Å². The van der Waals surface area contributed by atoms with Crippen molar-refractivity contribution in [3.8, 4) is 0 Å². The van der Waals surface area contributed by atoms with Crippen LogP contribution in [0.3, 0.4) is 0 Å². The van der Waals surface area contributed by atoms with Gasteiger partial charge >= 0.3 is 5.69 Å². The Bertz CT molecular complexity index is 491. The fraction of sp³-hybridized carbons (Fsp3) is 0.143. The first-order valence-electron chi connectivity index (χ1n) is 3.37. The third-order valence-electron chi connectivity index (χ3n) is 1.57. The Morgan fingerprint density at radius 1 is 1.54 bits per heavy atom. The average molecular weight is 181 g/mol. The highest BCUT2D eigenvalue weighted by atomic mass is 16.2. The number of hydrogen-bond acceptors (Lipinski definition) is 4. The summed E-state index contributed by atoms with van der Waals surface area (Å²) in [4.78, 5) is 34.4. The maximum atomic E-state index is 11.3. The van der Waals surface area contributed by atoms with Crippen molar-refractivity contribution in [3.63, 3.8) is 0 Å². The summed E-state index contributed by atoms with van der Waals surface area (Å²) in [5.74, 6) is 1.29. The van der Waals surface area contributed by atoms with E-state index in [2.05, 4.69) is 4.98 Å². The van der Waals surface area contributed by atoms with E-state index < -0.39 is 11.2 Å². The number of nitrogen functional groups attached to an aromatic ring is 1. The molecule has 0 aliphatic heterocycles. The van der Waals surface area contributed by atoms with E-state index in [1.165, 1.54) is 13.0 Å². The molecule has 0 aliphatic rings. The van der Waals surface area contributed by atoms with Gasteiger partial charge in [-0.3, -0.25) is 14.3 Å². The van der Waals surface area contributed by atoms with Crippen molar-refractivity contribution in [2.45, 2.75) is 0 Å². The van der Waals surface area contributed by atoms with Gasteiger partial charge in [0.05, 0.1) is 5.56 Å². The summed E-state index contributed by atoms with van der Waals surface area (Å²) in [6.45, 7) is 0. The summed E-state index contributed by atoms with van der Waals surface area (Å²) in [5.41, 5.74) is 4.00. The number of nitrogens with zero attached hydrogens (tertiary/aromatic N) is 1. The molecular formula is C7H7N3O3. The minimum atomic E-state index is -0.621. The van der Waals surface area contributed by atoms with E-state index in [0.29, 0.717) is 0 Å². The molecule has 13 heavy (non-hydrogen) atoms. The van der Waals surface area contributed by atoms with Crippen LogP contribution in [0.25, 0.3) is 6.08 Å². The van der Waals surface area contributed by atoms with Crippen LogP contribution in [0.5, 0.6) is 0 Å². The second kappa shape index (κ2) is 3.12. The summed E-state index contributed by atoms with van der Waals surface area (Å²) in [6, 6.07) is 0. The van der Waals surface area contributed by atoms with E-state index in [4.69, 9.17) is 5.73 Å². The molecule has 0 unspecified atom stereocenters. The van der Waals surface area contributed by atoms with Crippen molar-refractivity contribution < 1.29 is 4.79 Å². The van der Waals surface area contributed by atoms with E-state index in [0.717, 1.165) is 10.6 Å². The number of aromatic nitrogens is 2. The largest absolute Gasteiger partial charge is 0.384 e. The van der Waals surface area contributed by atoms with Crippen LogP contribution in [0.1, 0.15) is 5.56 Å². The Kier molecular flexibility index (Phi) is 2.17. The van der Waals surface area contributed by atoms with Gasteiger partial charge < -0.3 is 5.73 Å². The summed E-state index contributed by atoms with van der Waals surface area (Å²) < 4.78 is 0.819. The van der Waals surface area contributed by atoms with Gasteiger partial charge in [-0.25, -0.2) is 9.59 Å². The smallest absolute Gasteiger partial charge is 0.329 e. The van der Waals surface area contributed by atoms with E-state index >= 15 is 0 Å². The normalized spacial score (nSPS) is 9.31. The third kappa shape index (κ3) is 1.43. The lowest BCUT2D eigenvalue weighted by Gasteiger charge is -2.00. The minimum absolute atomic E-state index is 0.0582. The van der Waals surface area contributed by atoms with Gasteiger partial charge in [-0.05, 0) is 0 Å². The van der Waals surface area contributed by atoms with Crippen molar-refractivity contribution >= 4 is 17.8 Å². The number of anilines is 1. The van der Waals surface area contributed by atoms with E-state index in [-0.39, 0.29) is 11.4 Å². The number of carbonyl (C=O) groups excluding carboxylic acids is 1. The van der Waals surface area contributed by atoms with Gasteiger partial charge in [0.15, 0.2) is 0 Å². The molecule has 0 bridgehead atoms. The van der Waals surface area contributed by atoms with Crippen molar-refractivity contribution in [1.82, 2.24) is 9.55 Å². The molecule has 0 fully saturated rings. The summed E-state index contributed by atoms with van der Waals surface area (Å²) >= 11 is 0. The molecule has 0 atom stereocenters. The zero-order valence-electron chi connectivity index (χ0n) is 6.83. The Morgan fingerprint density at radius 3 is 2.69 bits per heavy atom. The Hall–Kier alpha value is -2.07. The van der Waals surface area contributed by atoms with Crippen LogP contribution in [0.4, 0.5) is 5.82 Å². The van der Waals surface area contributed by atoms with Crippen molar-refractivity contribution in [1.29, 1.82) is 0 Å². The number of nitrogens with two attached hydrogens (primary N) is 1. The number of rotatable bonds is 1. The molecule has 0 spiro atoms. The van der Waals surface area contributed by atoms with E-state index in [1.807, 2.05) is 0 Å². The average Bonchev–Trinajstić information content (AvgIpc) is 2.09. The van der Waals surface area contributed by atoms with Crippen LogP contribution in [0, 0.1) is 0 Å². The monoisotopic (exact) mass is 181 g/mol. The molecule has 1 aromatic rings. The first kappa shape index (κ1) is 9.02. The molecule has 1 heterocycles. The second-order valence-corrected chi connectivity index (χ2v) is 2.38. The molecule has 6 nitrogen and oxygen atoms in total. The van der Waals surface area contributed by atoms with E-state index in [9.17, 15) is 14.4 Å². The van der Waals surface area contributed by atoms with Crippen molar-refractivity contribution in [3.05, 3.63) is 26.4 Å². The van der Waals surface area contributed by atoms with Gasteiger partial charge in [-0.1, -0.05) is 0 Å². The van der Waals surface area contributed by atoms with Gasteiger partial charge in [-0.15, -0.1) is 0 Å². The number of hydrogen-bond donors (Lipinski definition) is 2. The molecule has 0 aromatic carbocycles. The molecule has 0 saturated carbocycles. The third-order valence-corrected chi connectivity index (χ3v) is 1.57. The van der Waals surface area contributed by atoms with Crippen LogP contribution in [0.2, 0.25) is 0 Å². The molecule has 68 valence electrons. The quantitative estimate of drug-likeness (QED) is 0.515. The van der Waals surface area contributed by atoms with Gasteiger partial charge in [0.1, 0.15) is 11.8 Å². The molecule has 1 rings (SSSR count). The fourth-order valence-corrected chi connectivity index (χ4v) is 0.853. The first-order chi connectivity index (χ1) is 6.07. The SMILES string of the molecule is Cn1c(=O)[nH]c(N)c(C=C=O)c1=O. The Labute approximate surface area is 72.3 Å². The number of aromatic amines is 1. The fourth-order valence-electron chi connectivity index (χ4n) is 0.853. The predicted octanol–water partition coefficient (Wildman–Crippen LogP) is -1.50. The lowest BCUT2D eigenvalue weighted by Crippen LogP contribution is -2.35. The summed E-state index contributed by atoms with van der Waals surface area (Å²) in [5, 5.41) is 0. The number of H-pyrrole nitrogens is 1. The highest BCUT2D eigenvalue weighted by Gasteiger charge is 2.06.